The normalized spacial score (nSPS) is 10.7. The predicted molar refractivity (Wildman–Crippen MR) is 109 cm³/mol. The quantitative estimate of drug-likeness (QED) is 0.455. The minimum Gasteiger partial charge on any atom is -1.00 e. The average Bonchev–Trinajstić information content (AvgIpc) is 2.59. The Balaban J connectivity index is 0.00000576. The number of hydrogen-bond donors (Lipinski definition) is 1. The van der Waals surface area contributed by atoms with Crippen LogP contribution in [-0.4, -0.2) is 20.6 Å². The molecule has 1 aromatic rings. The minimum absolute atomic E-state index is 0. The molecule has 0 amide bonds. The van der Waals surface area contributed by atoms with E-state index >= 15 is 0 Å². The second-order valence-electron chi connectivity index (χ2n) is 7.54. The Bertz CT molecular complexity index is 411. The zero-order valence-corrected chi connectivity index (χ0v) is 17.4. The highest BCUT2D eigenvalue weighted by atomic mass is 35.5. The van der Waals surface area contributed by atoms with E-state index < -0.39 is 0 Å². The molecule has 1 aromatic carbocycles. The van der Waals surface area contributed by atoms with Gasteiger partial charge in [-0.1, -0.05) is 88.3 Å². The van der Waals surface area contributed by atoms with Gasteiger partial charge in [0.05, 0.1) is 20.6 Å². The summed E-state index contributed by atoms with van der Waals surface area (Å²) >= 11 is 0. The van der Waals surface area contributed by atoms with Crippen LogP contribution in [0.2, 0.25) is 0 Å². The van der Waals surface area contributed by atoms with Gasteiger partial charge in [-0.3, -0.25) is 0 Å². The molecule has 0 aromatic heterocycles. The van der Waals surface area contributed by atoms with Gasteiger partial charge < -0.3 is 17.3 Å². The summed E-state index contributed by atoms with van der Waals surface area (Å²) in [5, 5.41) is 0. The van der Waals surface area contributed by atoms with Crippen LogP contribution in [0.1, 0.15) is 81.8 Å². The number of quaternary nitrogens is 1. The van der Waals surface area contributed by atoms with Crippen molar-refractivity contribution in [2.75, 3.05) is 20.6 Å². The lowest BCUT2D eigenvalue weighted by Gasteiger charge is -2.06. The first-order chi connectivity index (χ1) is 11.7. The molecule has 2 heteroatoms. The summed E-state index contributed by atoms with van der Waals surface area (Å²) in [4.78, 5) is 1.59. The molecule has 25 heavy (non-hydrogen) atoms. The summed E-state index contributed by atoms with van der Waals surface area (Å²) in [7, 11) is 4.50. The Kier molecular flexibility index (Phi) is 16.1. The molecular formula is C23H40ClN. The highest BCUT2D eigenvalue weighted by Crippen LogP contribution is 2.13. The molecule has 0 aliphatic rings. The molecular weight excluding hydrogens is 326 g/mol. The number of halogens is 1. The molecule has 0 aliphatic carbocycles. The zero-order chi connectivity index (χ0) is 17.5. The number of nitrogens with one attached hydrogen (secondary N) is 1. The fourth-order valence-electron chi connectivity index (χ4n) is 3.22. The molecule has 0 fully saturated rings. The van der Waals surface area contributed by atoms with Gasteiger partial charge in [-0.2, -0.15) is 0 Å². The molecule has 0 unspecified atom stereocenters. The summed E-state index contributed by atoms with van der Waals surface area (Å²) in [5.74, 6) is 0. The maximum atomic E-state index is 3.80. The van der Waals surface area contributed by atoms with Crippen LogP contribution in [0.5, 0.6) is 0 Å². The van der Waals surface area contributed by atoms with Crippen molar-refractivity contribution < 1.29 is 17.3 Å². The summed E-state index contributed by atoms with van der Waals surface area (Å²) in [6, 6.07) is 8.84. The van der Waals surface area contributed by atoms with Crippen LogP contribution in [0.3, 0.4) is 0 Å². The first-order valence-electron chi connectivity index (χ1n) is 10.2. The molecule has 0 atom stereocenters. The molecule has 0 spiro atoms. The van der Waals surface area contributed by atoms with E-state index in [1.54, 1.807) is 4.90 Å². The maximum absolute atomic E-state index is 3.80. The molecule has 1 nitrogen and oxygen atoms in total. The molecule has 0 heterocycles. The van der Waals surface area contributed by atoms with Crippen LogP contribution in [0.4, 0.5) is 0 Å². The topological polar surface area (TPSA) is 4.44 Å². The van der Waals surface area contributed by atoms with Gasteiger partial charge in [0, 0.05) is 0 Å². The van der Waals surface area contributed by atoms with Crippen LogP contribution >= 0.6 is 0 Å². The smallest absolute Gasteiger partial charge is 0.0766 e. The van der Waals surface area contributed by atoms with Gasteiger partial charge in [-0.15, -0.1) is 0 Å². The lowest BCUT2D eigenvalue weighted by atomic mass is 10.0. The van der Waals surface area contributed by atoms with E-state index in [9.17, 15) is 0 Å². The SMILES string of the molecule is C=Cc1ccc(CCCCCCCCCCCCC[NH+](C)C)cc1.[Cl-]. The standard InChI is InChI=1S/C23H39N.ClH/c1-4-22-17-19-23(20-18-22)16-14-12-10-8-6-5-7-9-11-13-15-21-24(2)3;/h4,17-20H,1,5-16,21H2,2-3H3;1H. The number of aryl methyl sites for hydroxylation is 1. The summed E-state index contributed by atoms with van der Waals surface area (Å²) in [6.45, 7) is 5.13. The van der Waals surface area contributed by atoms with Gasteiger partial charge in [0.1, 0.15) is 0 Å². The van der Waals surface area contributed by atoms with Crippen molar-refractivity contribution >= 4 is 6.08 Å². The molecule has 144 valence electrons. The Morgan fingerprint density at radius 2 is 1.16 bits per heavy atom. The van der Waals surface area contributed by atoms with E-state index in [0.717, 1.165) is 0 Å². The molecule has 0 bridgehead atoms. The molecule has 1 N–H and O–H groups in total. The Labute approximate surface area is 163 Å². The van der Waals surface area contributed by atoms with Crippen molar-refractivity contribution in [2.24, 2.45) is 0 Å². The van der Waals surface area contributed by atoms with Gasteiger partial charge in [-0.05, 0) is 36.8 Å². The third-order valence-electron chi connectivity index (χ3n) is 4.86. The zero-order valence-electron chi connectivity index (χ0n) is 16.7. The van der Waals surface area contributed by atoms with Gasteiger partial charge >= 0.3 is 0 Å². The Morgan fingerprint density at radius 1 is 0.720 bits per heavy atom. The third kappa shape index (κ3) is 14.1. The monoisotopic (exact) mass is 365 g/mol. The van der Waals surface area contributed by atoms with Crippen LogP contribution in [0, 0.1) is 0 Å². The number of benzene rings is 1. The largest absolute Gasteiger partial charge is 1.00 e. The van der Waals surface area contributed by atoms with Crippen molar-refractivity contribution in [3.05, 3.63) is 42.0 Å². The predicted octanol–water partition coefficient (Wildman–Crippen LogP) is 2.31. The van der Waals surface area contributed by atoms with Crippen LogP contribution in [-0.2, 0) is 6.42 Å². The van der Waals surface area contributed by atoms with Crippen molar-refractivity contribution in [3.63, 3.8) is 0 Å². The van der Waals surface area contributed by atoms with Gasteiger partial charge in [0.2, 0.25) is 0 Å². The third-order valence-corrected chi connectivity index (χ3v) is 4.86. The average molecular weight is 366 g/mol. The number of hydrogen-bond acceptors (Lipinski definition) is 0. The lowest BCUT2D eigenvalue weighted by molar-refractivity contribution is -0.858. The van der Waals surface area contributed by atoms with Crippen LogP contribution in [0.15, 0.2) is 30.8 Å². The van der Waals surface area contributed by atoms with Crippen molar-refractivity contribution in [1.29, 1.82) is 0 Å². The van der Waals surface area contributed by atoms with E-state index in [1.165, 1.54) is 94.7 Å². The molecule has 1 rings (SSSR count). The molecule has 0 aliphatic heterocycles. The first-order valence-corrected chi connectivity index (χ1v) is 10.2. The molecule has 0 radical (unpaired) electrons. The van der Waals surface area contributed by atoms with E-state index in [0.29, 0.717) is 0 Å². The second-order valence-corrected chi connectivity index (χ2v) is 7.54. The van der Waals surface area contributed by atoms with Gasteiger partial charge in [0.15, 0.2) is 0 Å². The van der Waals surface area contributed by atoms with Crippen LogP contribution in [0.25, 0.3) is 6.08 Å². The minimum atomic E-state index is 0. The first kappa shape index (κ1) is 24.2. The Morgan fingerprint density at radius 3 is 1.60 bits per heavy atom. The van der Waals surface area contributed by atoms with Crippen molar-refractivity contribution in [3.8, 4) is 0 Å². The van der Waals surface area contributed by atoms with Crippen LogP contribution < -0.4 is 17.3 Å². The lowest BCUT2D eigenvalue weighted by Crippen LogP contribution is -3.05. The van der Waals surface area contributed by atoms with Crippen molar-refractivity contribution in [2.45, 2.75) is 77.0 Å². The summed E-state index contributed by atoms with van der Waals surface area (Å²) < 4.78 is 0. The van der Waals surface area contributed by atoms with E-state index in [4.69, 9.17) is 0 Å². The number of rotatable bonds is 15. The molecule has 0 saturated heterocycles. The number of unbranched alkanes of at least 4 members (excludes halogenated alkanes) is 10. The highest BCUT2D eigenvalue weighted by Gasteiger charge is 1.97. The van der Waals surface area contributed by atoms with Gasteiger partial charge in [0.25, 0.3) is 0 Å². The second kappa shape index (κ2) is 16.7. The summed E-state index contributed by atoms with van der Waals surface area (Å²) in [6.07, 6.45) is 18.8. The Hall–Kier alpha value is -0.790. The van der Waals surface area contributed by atoms with E-state index in [1.807, 2.05) is 6.08 Å². The molecule has 0 saturated carbocycles. The van der Waals surface area contributed by atoms with Gasteiger partial charge in [-0.25, -0.2) is 0 Å². The maximum Gasteiger partial charge on any atom is 0.0766 e. The fourth-order valence-corrected chi connectivity index (χ4v) is 3.22. The van der Waals surface area contributed by atoms with E-state index in [-0.39, 0.29) is 12.4 Å². The van der Waals surface area contributed by atoms with E-state index in [2.05, 4.69) is 44.9 Å². The van der Waals surface area contributed by atoms with Crippen molar-refractivity contribution in [1.82, 2.24) is 0 Å². The highest BCUT2D eigenvalue weighted by molar-refractivity contribution is 5.47. The fraction of sp³-hybridized carbons (Fsp3) is 0.652. The summed E-state index contributed by atoms with van der Waals surface area (Å²) in [5.41, 5.74) is 2.69.